The van der Waals surface area contributed by atoms with Gasteiger partial charge in [0, 0.05) is 25.6 Å². The molecule has 1 N–H and O–H groups in total. The summed E-state index contributed by atoms with van der Waals surface area (Å²) in [5.41, 5.74) is 2.10. The van der Waals surface area contributed by atoms with E-state index in [1.807, 2.05) is 42.9 Å². The van der Waals surface area contributed by atoms with Crippen molar-refractivity contribution in [2.24, 2.45) is 11.8 Å². The zero-order valence-corrected chi connectivity index (χ0v) is 23.7. The van der Waals surface area contributed by atoms with Crippen molar-refractivity contribution in [3.8, 4) is 12.3 Å². The van der Waals surface area contributed by atoms with E-state index in [1.165, 1.54) is 5.56 Å². The van der Waals surface area contributed by atoms with E-state index < -0.39 is 18.1 Å². The Bertz CT molecular complexity index is 1110. The Morgan fingerprint density at radius 2 is 2.02 bits per heavy atom. The summed E-state index contributed by atoms with van der Waals surface area (Å²) in [6.07, 6.45) is 13.9. The van der Waals surface area contributed by atoms with Gasteiger partial charge in [0.2, 0.25) is 6.41 Å². The second kappa shape index (κ2) is 16.4. The van der Waals surface area contributed by atoms with E-state index in [9.17, 15) is 14.4 Å². The highest BCUT2D eigenvalue weighted by molar-refractivity contribution is 5.79. The van der Waals surface area contributed by atoms with Gasteiger partial charge in [-0.05, 0) is 56.4 Å². The molecule has 3 rings (SSSR count). The highest BCUT2D eigenvalue weighted by Crippen LogP contribution is 2.32. The SMILES string of the molecule is C#CCCCC[C@@H]1C(=O)O[C@H]1C[C@H](CCc1cn(CCCc2ccccc2)nn1)OC(=O)[C@H](CC(C)C)NC=O. The van der Waals surface area contributed by atoms with E-state index in [-0.39, 0.29) is 23.9 Å². The van der Waals surface area contributed by atoms with E-state index in [1.54, 1.807) is 0 Å². The molecule has 2 heterocycles. The highest BCUT2D eigenvalue weighted by Gasteiger charge is 2.43. The number of nitrogens with one attached hydrogen (secondary N) is 1. The number of aryl methyl sites for hydroxylation is 3. The number of unbranched alkanes of at least 4 members (excludes halogenated alkanes) is 2. The third kappa shape index (κ3) is 10.1. The van der Waals surface area contributed by atoms with E-state index in [0.29, 0.717) is 44.9 Å². The molecule has 2 aromatic rings. The lowest BCUT2D eigenvalue weighted by molar-refractivity contribution is -0.190. The Balaban J connectivity index is 1.58. The fourth-order valence-electron chi connectivity index (χ4n) is 4.98. The molecule has 1 aliphatic heterocycles. The minimum absolute atomic E-state index is 0.195. The number of esters is 2. The molecule has 0 saturated carbocycles. The number of terminal acetylenes is 1. The first-order valence-corrected chi connectivity index (χ1v) is 14.4. The quantitative estimate of drug-likeness (QED) is 0.122. The first-order valence-electron chi connectivity index (χ1n) is 14.4. The van der Waals surface area contributed by atoms with Crippen LogP contribution in [0.15, 0.2) is 36.5 Å². The average molecular weight is 551 g/mol. The molecule has 216 valence electrons. The van der Waals surface area contributed by atoms with Gasteiger partial charge in [-0.25, -0.2) is 4.79 Å². The second-order valence-corrected chi connectivity index (χ2v) is 10.9. The molecule has 1 saturated heterocycles. The van der Waals surface area contributed by atoms with Crippen LogP contribution in [-0.2, 0) is 43.2 Å². The topological polar surface area (TPSA) is 112 Å². The van der Waals surface area contributed by atoms with Crippen LogP contribution >= 0.6 is 0 Å². The molecule has 0 spiro atoms. The molecular formula is C31H42N4O5. The van der Waals surface area contributed by atoms with Crippen LogP contribution in [0.25, 0.3) is 0 Å². The van der Waals surface area contributed by atoms with Gasteiger partial charge in [-0.15, -0.1) is 17.4 Å². The van der Waals surface area contributed by atoms with Crippen molar-refractivity contribution in [1.29, 1.82) is 0 Å². The second-order valence-electron chi connectivity index (χ2n) is 10.9. The maximum absolute atomic E-state index is 13.0. The molecule has 0 unspecified atom stereocenters. The summed E-state index contributed by atoms with van der Waals surface area (Å²) in [6.45, 7) is 4.71. The molecule has 4 atom stereocenters. The third-order valence-corrected chi connectivity index (χ3v) is 7.15. The minimum Gasteiger partial charge on any atom is -0.461 e. The fraction of sp³-hybridized carbons (Fsp3) is 0.581. The Hall–Kier alpha value is -3.67. The van der Waals surface area contributed by atoms with Crippen LogP contribution in [0.2, 0.25) is 0 Å². The number of carbonyl (C=O) groups is 3. The van der Waals surface area contributed by atoms with Crippen molar-refractivity contribution in [3.05, 3.63) is 47.8 Å². The van der Waals surface area contributed by atoms with Gasteiger partial charge in [0.1, 0.15) is 18.2 Å². The van der Waals surface area contributed by atoms with Gasteiger partial charge in [0.05, 0.1) is 11.6 Å². The number of hydrogen-bond donors (Lipinski definition) is 1. The number of cyclic esters (lactones) is 1. The molecule has 0 bridgehead atoms. The van der Waals surface area contributed by atoms with Crippen LogP contribution in [0.3, 0.4) is 0 Å². The van der Waals surface area contributed by atoms with Gasteiger partial charge in [0.15, 0.2) is 0 Å². The summed E-state index contributed by atoms with van der Waals surface area (Å²) < 4.78 is 13.2. The largest absolute Gasteiger partial charge is 0.461 e. The van der Waals surface area contributed by atoms with Crippen molar-refractivity contribution in [3.63, 3.8) is 0 Å². The first-order chi connectivity index (χ1) is 19.4. The van der Waals surface area contributed by atoms with Crippen molar-refractivity contribution < 1.29 is 23.9 Å². The molecular weight excluding hydrogens is 508 g/mol. The molecule has 0 radical (unpaired) electrons. The first kappa shape index (κ1) is 30.9. The maximum atomic E-state index is 13.0. The summed E-state index contributed by atoms with van der Waals surface area (Å²) in [6, 6.07) is 9.60. The molecule has 1 fully saturated rings. The number of ether oxygens (including phenoxy) is 2. The number of amides is 1. The normalized spacial score (nSPS) is 17.8. The fourth-order valence-corrected chi connectivity index (χ4v) is 4.98. The Labute approximate surface area is 237 Å². The van der Waals surface area contributed by atoms with Gasteiger partial charge in [-0.1, -0.05) is 55.8 Å². The summed E-state index contributed by atoms with van der Waals surface area (Å²) in [4.78, 5) is 36.3. The van der Waals surface area contributed by atoms with Crippen molar-refractivity contribution in [1.82, 2.24) is 20.3 Å². The number of hydrogen-bond acceptors (Lipinski definition) is 7. The summed E-state index contributed by atoms with van der Waals surface area (Å²) in [5.74, 6) is 1.91. The highest BCUT2D eigenvalue weighted by atomic mass is 16.6. The number of carbonyl (C=O) groups excluding carboxylic acids is 3. The smallest absolute Gasteiger partial charge is 0.328 e. The number of benzene rings is 1. The number of aromatic nitrogens is 3. The lowest BCUT2D eigenvalue weighted by atomic mass is 9.86. The molecule has 1 amide bonds. The van der Waals surface area contributed by atoms with E-state index in [2.05, 4.69) is 33.7 Å². The van der Waals surface area contributed by atoms with Gasteiger partial charge < -0.3 is 14.8 Å². The van der Waals surface area contributed by atoms with Crippen LogP contribution < -0.4 is 5.32 Å². The average Bonchev–Trinajstić information content (AvgIpc) is 3.39. The van der Waals surface area contributed by atoms with Crippen LogP contribution in [0.4, 0.5) is 0 Å². The van der Waals surface area contributed by atoms with Crippen molar-refractivity contribution >= 4 is 18.3 Å². The molecule has 1 aromatic carbocycles. The summed E-state index contributed by atoms with van der Waals surface area (Å²) in [5, 5.41) is 11.1. The Morgan fingerprint density at radius 1 is 1.23 bits per heavy atom. The van der Waals surface area contributed by atoms with Crippen molar-refractivity contribution in [2.45, 2.75) is 103 Å². The van der Waals surface area contributed by atoms with Crippen LogP contribution in [0.1, 0.15) is 76.5 Å². The predicted octanol–water partition coefficient (Wildman–Crippen LogP) is 4.04. The standard InChI is InChI=1S/C31H42N4O5/c1-4-5-6-10-15-27-29(40-30(27)37)20-26(39-31(38)28(32-22-36)19-23(2)3)17-16-25-21-35(34-33-25)18-11-14-24-12-8-7-9-13-24/h1,7-9,12-13,21-23,26-29H,5-6,10-11,14-20H2,2-3H3,(H,32,36)/t26-,27-,28-,29-/m0/s1. The zero-order valence-electron chi connectivity index (χ0n) is 23.7. The monoisotopic (exact) mass is 550 g/mol. The molecule has 9 nitrogen and oxygen atoms in total. The molecule has 0 aliphatic carbocycles. The molecule has 1 aliphatic rings. The van der Waals surface area contributed by atoms with Gasteiger partial charge in [0.25, 0.3) is 0 Å². The van der Waals surface area contributed by atoms with Crippen molar-refractivity contribution in [2.75, 3.05) is 0 Å². The van der Waals surface area contributed by atoms with Gasteiger partial charge in [-0.3, -0.25) is 14.3 Å². The van der Waals surface area contributed by atoms with E-state index in [0.717, 1.165) is 37.9 Å². The molecule has 9 heteroatoms. The zero-order chi connectivity index (χ0) is 28.7. The van der Waals surface area contributed by atoms with Crippen LogP contribution in [0, 0.1) is 24.2 Å². The summed E-state index contributed by atoms with van der Waals surface area (Å²) in [7, 11) is 0. The number of nitrogens with zero attached hydrogens (tertiary/aromatic N) is 3. The number of rotatable bonds is 19. The maximum Gasteiger partial charge on any atom is 0.328 e. The van der Waals surface area contributed by atoms with Crippen LogP contribution in [-0.4, -0.2) is 51.6 Å². The summed E-state index contributed by atoms with van der Waals surface area (Å²) >= 11 is 0. The Kier molecular flexibility index (Phi) is 12.7. The van der Waals surface area contributed by atoms with Gasteiger partial charge >= 0.3 is 11.9 Å². The third-order valence-electron chi connectivity index (χ3n) is 7.15. The van der Waals surface area contributed by atoms with Gasteiger partial charge in [-0.2, -0.15) is 0 Å². The Morgan fingerprint density at radius 3 is 2.73 bits per heavy atom. The predicted molar refractivity (Wildman–Crippen MR) is 151 cm³/mol. The van der Waals surface area contributed by atoms with E-state index in [4.69, 9.17) is 15.9 Å². The molecule has 1 aromatic heterocycles. The minimum atomic E-state index is -0.728. The lowest BCUT2D eigenvalue weighted by Gasteiger charge is -2.37. The van der Waals surface area contributed by atoms with Crippen LogP contribution in [0.5, 0.6) is 0 Å². The molecule has 40 heavy (non-hydrogen) atoms. The lowest BCUT2D eigenvalue weighted by Crippen LogP contribution is -2.48. The van der Waals surface area contributed by atoms with E-state index >= 15 is 0 Å².